The van der Waals surface area contributed by atoms with Crippen LogP contribution in [-0.4, -0.2) is 15.8 Å². The molecule has 0 saturated carbocycles. The van der Waals surface area contributed by atoms with Crippen LogP contribution in [0.15, 0.2) is 71.3 Å². The molecule has 0 amide bonds. The fourth-order valence-electron chi connectivity index (χ4n) is 2.51. The molecule has 4 nitrogen and oxygen atoms in total. The van der Waals surface area contributed by atoms with Crippen LogP contribution in [0, 0.1) is 5.82 Å². The Morgan fingerprint density at radius 2 is 1.71 bits per heavy atom. The number of halogens is 1. The van der Waals surface area contributed by atoms with Gasteiger partial charge in [0.1, 0.15) is 5.82 Å². The summed E-state index contributed by atoms with van der Waals surface area (Å²) in [6.45, 7) is 0. The topological polar surface area (TPSA) is 56.0 Å². The molecular formula is C19H11FN2O2. The van der Waals surface area contributed by atoms with E-state index in [9.17, 15) is 9.18 Å². The van der Waals surface area contributed by atoms with E-state index in [4.69, 9.17) is 4.42 Å². The maximum absolute atomic E-state index is 13.9. The largest absolute Gasteiger partial charge is 0.433 e. The summed E-state index contributed by atoms with van der Waals surface area (Å²) in [5, 5.41) is 0. The maximum Gasteiger partial charge on any atom is 0.231 e. The molecule has 2 heterocycles. The number of rotatable bonds is 3. The first-order valence-electron chi connectivity index (χ1n) is 7.34. The number of aromatic nitrogens is 2. The van der Waals surface area contributed by atoms with Crippen LogP contribution in [0.3, 0.4) is 0 Å². The Balaban J connectivity index is 1.87. The van der Waals surface area contributed by atoms with E-state index in [0.29, 0.717) is 11.1 Å². The van der Waals surface area contributed by atoms with Crippen LogP contribution < -0.4 is 0 Å². The molecule has 24 heavy (non-hydrogen) atoms. The van der Waals surface area contributed by atoms with Crippen LogP contribution in [0.2, 0.25) is 0 Å². The molecule has 2 aromatic heterocycles. The highest BCUT2D eigenvalue weighted by Gasteiger charge is 2.19. The number of oxazole rings is 1. The van der Waals surface area contributed by atoms with Crippen molar-refractivity contribution in [2.75, 3.05) is 0 Å². The van der Waals surface area contributed by atoms with E-state index in [1.165, 1.54) is 12.3 Å². The minimum absolute atomic E-state index is 0.101. The van der Waals surface area contributed by atoms with Crippen LogP contribution in [-0.2, 0) is 0 Å². The van der Waals surface area contributed by atoms with Gasteiger partial charge in [-0.3, -0.25) is 4.79 Å². The second-order valence-corrected chi connectivity index (χ2v) is 5.21. The summed E-state index contributed by atoms with van der Waals surface area (Å²) in [4.78, 5) is 21.0. The second-order valence-electron chi connectivity index (χ2n) is 5.21. The molecular weight excluding hydrogens is 307 g/mol. The van der Waals surface area contributed by atoms with Gasteiger partial charge >= 0.3 is 0 Å². The van der Waals surface area contributed by atoms with Crippen molar-refractivity contribution in [3.63, 3.8) is 0 Å². The Bertz CT molecular complexity index is 1040. The average Bonchev–Trinajstić information content (AvgIpc) is 3.06. The zero-order valence-corrected chi connectivity index (χ0v) is 12.4. The summed E-state index contributed by atoms with van der Waals surface area (Å²) < 4.78 is 19.6. The molecule has 4 rings (SSSR count). The van der Waals surface area contributed by atoms with E-state index in [-0.39, 0.29) is 28.5 Å². The van der Waals surface area contributed by atoms with Gasteiger partial charge in [-0.25, -0.2) is 9.37 Å². The molecule has 0 atom stereocenters. The van der Waals surface area contributed by atoms with Crippen LogP contribution in [0.25, 0.3) is 22.7 Å². The lowest BCUT2D eigenvalue weighted by Gasteiger charge is -2.00. The van der Waals surface area contributed by atoms with Crippen molar-refractivity contribution in [2.24, 2.45) is 0 Å². The number of carbonyl (C=O) groups is 1. The fourth-order valence-corrected chi connectivity index (χ4v) is 2.51. The first-order chi connectivity index (χ1) is 11.7. The number of pyridine rings is 1. The van der Waals surface area contributed by atoms with Crippen LogP contribution in [0.5, 0.6) is 0 Å². The Hall–Kier alpha value is -3.34. The summed E-state index contributed by atoms with van der Waals surface area (Å²) in [5.74, 6) is -0.539. The van der Waals surface area contributed by atoms with Gasteiger partial charge in [0.2, 0.25) is 5.89 Å². The lowest BCUT2D eigenvalue weighted by molar-refractivity contribution is 0.103. The van der Waals surface area contributed by atoms with E-state index in [2.05, 4.69) is 9.97 Å². The summed E-state index contributed by atoms with van der Waals surface area (Å²) >= 11 is 0. The lowest BCUT2D eigenvalue weighted by atomic mass is 10.0. The van der Waals surface area contributed by atoms with Crippen molar-refractivity contribution in [3.05, 3.63) is 83.8 Å². The van der Waals surface area contributed by atoms with E-state index in [0.717, 1.165) is 0 Å². The molecule has 0 aliphatic rings. The van der Waals surface area contributed by atoms with Gasteiger partial charge in [-0.2, -0.15) is 4.98 Å². The summed E-state index contributed by atoms with van der Waals surface area (Å²) in [7, 11) is 0. The molecule has 0 aliphatic carbocycles. The fraction of sp³-hybridized carbons (Fsp3) is 0. The van der Waals surface area contributed by atoms with Gasteiger partial charge < -0.3 is 4.42 Å². The Morgan fingerprint density at radius 1 is 0.958 bits per heavy atom. The third-order valence-corrected chi connectivity index (χ3v) is 3.68. The molecule has 0 fully saturated rings. The molecule has 2 aromatic carbocycles. The molecule has 0 bridgehead atoms. The second kappa shape index (κ2) is 5.70. The quantitative estimate of drug-likeness (QED) is 0.530. The third kappa shape index (κ3) is 2.36. The predicted octanol–water partition coefficient (Wildman–Crippen LogP) is 4.26. The Kier molecular flexibility index (Phi) is 3.39. The summed E-state index contributed by atoms with van der Waals surface area (Å²) in [5.41, 5.74) is 1.64. The first-order valence-corrected chi connectivity index (χ1v) is 7.34. The molecule has 0 radical (unpaired) electrons. The number of carbonyl (C=O) groups excluding carboxylic acids is 1. The van der Waals surface area contributed by atoms with Crippen LogP contribution in [0.1, 0.15) is 15.9 Å². The molecule has 116 valence electrons. The molecule has 0 N–H and O–H groups in total. The predicted molar refractivity (Wildman–Crippen MR) is 87.1 cm³/mol. The van der Waals surface area contributed by atoms with Gasteiger partial charge in [-0.15, -0.1) is 0 Å². The zero-order valence-electron chi connectivity index (χ0n) is 12.4. The van der Waals surface area contributed by atoms with Crippen LogP contribution >= 0.6 is 0 Å². The smallest absolute Gasteiger partial charge is 0.231 e. The highest BCUT2D eigenvalue weighted by molar-refractivity contribution is 6.14. The molecule has 0 saturated heterocycles. The molecule has 0 spiro atoms. The monoisotopic (exact) mass is 318 g/mol. The summed E-state index contributed by atoms with van der Waals surface area (Å²) in [6, 6.07) is 16.6. The normalized spacial score (nSPS) is 10.9. The van der Waals surface area contributed by atoms with Gasteiger partial charge in [0, 0.05) is 11.8 Å². The SMILES string of the molecule is O=C(c1ccccc1)c1ccnc2nc(-c3ccccc3F)oc12. The van der Waals surface area contributed by atoms with Gasteiger partial charge in [-0.1, -0.05) is 42.5 Å². The highest BCUT2D eigenvalue weighted by atomic mass is 19.1. The van der Waals surface area contributed by atoms with Crippen molar-refractivity contribution in [2.45, 2.75) is 0 Å². The van der Waals surface area contributed by atoms with Crippen LogP contribution in [0.4, 0.5) is 4.39 Å². The van der Waals surface area contributed by atoms with E-state index in [1.54, 1.807) is 48.5 Å². The first kappa shape index (κ1) is 14.3. The number of nitrogens with zero attached hydrogens (tertiary/aromatic N) is 2. The summed E-state index contributed by atoms with van der Waals surface area (Å²) in [6.07, 6.45) is 1.49. The van der Waals surface area contributed by atoms with Crippen molar-refractivity contribution in [3.8, 4) is 11.5 Å². The van der Waals surface area contributed by atoms with Crippen molar-refractivity contribution in [1.82, 2.24) is 9.97 Å². The average molecular weight is 318 g/mol. The zero-order chi connectivity index (χ0) is 16.5. The maximum atomic E-state index is 13.9. The van der Waals surface area contributed by atoms with E-state index >= 15 is 0 Å². The Labute approximate surface area is 136 Å². The van der Waals surface area contributed by atoms with Crippen molar-refractivity contribution in [1.29, 1.82) is 0 Å². The van der Waals surface area contributed by atoms with Gasteiger partial charge in [0.25, 0.3) is 0 Å². The van der Waals surface area contributed by atoms with E-state index in [1.807, 2.05) is 6.07 Å². The van der Waals surface area contributed by atoms with Crippen molar-refractivity contribution >= 4 is 17.0 Å². The number of ketones is 1. The highest BCUT2D eigenvalue weighted by Crippen LogP contribution is 2.28. The Morgan fingerprint density at radius 3 is 2.50 bits per heavy atom. The van der Waals surface area contributed by atoms with Gasteiger partial charge in [0.15, 0.2) is 17.0 Å². The number of hydrogen-bond acceptors (Lipinski definition) is 4. The number of fused-ring (bicyclic) bond motifs is 1. The molecule has 5 heteroatoms. The van der Waals surface area contributed by atoms with Gasteiger partial charge in [-0.05, 0) is 18.2 Å². The van der Waals surface area contributed by atoms with Crippen molar-refractivity contribution < 1.29 is 13.6 Å². The minimum atomic E-state index is -0.444. The molecule has 0 aliphatic heterocycles. The van der Waals surface area contributed by atoms with Gasteiger partial charge in [0.05, 0.1) is 11.1 Å². The number of benzene rings is 2. The lowest BCUT2D eigenvalue weighted by Crippen LogP contribution is -2.01. The van der Waals surface area contributed by atoms with E-state index < -0.39 is 5.82 Å². The number of hydrogen-bond donors (Lipinski definition) is 0. The third-order valence-electron chi connectivity index (χ3n) is 3.68. The molecule has 0 unspecified atom stereocenters. The molecule has 4 aromatic rings. The minimum Gasteiger partial charge on any atom is -0.433 e. The standard InChI is InChI=1S/C19H11FN2O2/c20-15-9-5-4-8-13(15)19-22-18-17(24-19)14(10-11-21-18)16(23)12-6-2-1-3-7-12/h1-11H.